The molecular formula is C25H30N4O6. The van der Waals surface area contributed by atoms with E-state index in [2.05, 4.69) is 10.3 Å². The zero-order chi connectivity index (χ0) is 25.4. The van der Waals surface area contributed by atoms with Gasteiger partial charge in [-0.1, -0.05) is 30.3 Å². The average molecular weight is 483 g/mol. The van der Waals surface area contributed by atoms with Crippen molar-refractivity contribution in [3.8, 4) is 11.3 Å². The second-order valence-electron chi connectivity index (χ2n) is 8.25. The maximum Gasteiger partial charge on any atom is 0.409 e. The molecule has 35 heavy (non-hydrogen) atoms. The van der Waals surface area contributed by atoms with Crippen LogP contribution in [-0.2, 0) is 14.3 Å². The zero-order valence-corrected chi connectivity index (χ0v) is 19.9. The van der Waals surface area contributed by atoms with E-state index in [4.69, 9.17) is 9.84 Å². The first kappa shape index (κ1) is 25.7. The summed E-state index contributed by atoms with van der Waals surface area (Å²) in [6.45, 7) is 4.95. The molecule has 10 heteroatoms. The molecule has 3 amide bonds. The molecule has 0 spiro atoms. The van der Waals surface area contributed by atoms with Crippen LogP contribution in [0.1, 0.15) is 35.8 Å². The topological polar surface area (TPSA) is 129 Å². The number of aromatic nitrogens is 1. The second-order valence-corrected chi connectivity index (χ2v) is 8.25. The number of benzene rings is 1. The Morgan fingerprint density at radius 3 is 2.34 bits per heavy atom. The molecule has 0 radical (unpaired) electrons. The van der Waals surface area contributed by atoms with Crippen LogP contribution >= 0.6 is 0 Å². The highest BCUT2D eigenvalue weighted by atomic mass is 16.6. The Hall–Kier alpha value is -3.95. The Balaban J connectivity index is 1.73. The molecule has 1 aromatic carbocycles. The van der Waals surface area contributed by atoms with Crippen LogP contribution in [0, 0.1) is 6.92 Å². The van der Waals surface area contributed by atoms with Gasteiger partial charge in [0.05, 0.1) is 12.3 Å². The Bertz CT molecular complexity index is 1070. The fourth-order valence-corrected chi connectivity index (χ4v) is 3.84. The van der Waals surface area contributed by atoms with Crippen molar-refractivity contribution in [1.82, 2.24) is 20.1 Å². The highest BCUT2D eigenvalue weighted by Crippen LogP contribution is 2.19. The van der Waals surface area contributed by atoms with Gasteiger partial charge >= 0.3 is 12.1 Å². The maximum absolute atomic E-state index is 13.2. The van der Waals surface area contributed by atoms with Gasteiger partial charge in [0.1, 0.15) is 11.7 Å². The van der Waals surface area contributed by atoms with Crippen LogP contribution in [0.25, 0.3) is 11.3 Å². The molecule has 0 aliphatic carbocycles. The lowest BCUT2D eigenvalue weighted by Gasteiger charge is -2.35. The van der Waals surface area contributed by atoms with E-state index in [0.29, 0.717) is 18.8 Å². The van der Waals surface area contributed by atoms with Gasteiger partial charge in [-0.2, -0.15) is 0 Å². The number of hydrogen-bond donors (Lipinski definition) is 2. The van der Waals surface area contributed by atoms with Crippen molar-refractivity contribution < 1.29 is 29.0 Å². The molecule has 186 valence electrons. The lowest BCUT2D eigenvalue weighted by Crippen LogP contribution is -2.56. The molecule has 1 aromatic heterocycles. The molecule has 1 atom stereocenters. The average Bonchev–Trinajstić information content (AvgIpc) is 2.86. The van der Waals surface area contributed by atoms with Gasteiger partial charge in [-0.3, -0.25) is 14.4 Å². The predicted octanol–water partition coefficient (Wildman–Crippen LogP) is 2.32. The maximum atomic E-state index is 13.2. The molecule has 1 fully saturated rings. The summed E-state index contributed by atoms with van der Waals surface area (Å²) in [5, 5.41) is 11.8. The van der Waals surface area contributed by atoms with Crippen molar-refractivity contribution in [2.45, 2.75) is 32.7 Å². The number of nitrogens with one attached hydrogen (secondary N) is 1. The number of rotatable bonds is 8. The van der Waals surface area contributed by atoms with Gasteiger partial charge in [-0.05, 0) is 38.0 Å². The van der Waals surface area contributed by atoms with Gasteiger partial charge in [0.15, 0.2) is 0 Å². The van der Waals surface area contributed by atoms with Crippen molar-refractivity contribution in [3.05, 3.63) is 53.7 Å². The Morgan fingerprint density at radius 1 is 1.06 bits per heavy atom. The zero-order valence-electron chi connectivity index (χ0n) is 19.9. The molecule has 2 heterocycles. The molecule has 2 N–H and O–H groups in total. The van der Waals surface area contributed by atoms with Crippen LogP contribution in [0.5, 0.6) is 0 Å². The molecule has 0 saturated carbocycles. The third kappa shape index (κ3) is 7.02. The molecule has 1 aliphatic rings. The van der Waals surface area contributed by atoms with Gasteiger partial charge in [0.25, 0.3) is 5.91 Å². The van der Waals surface area contributed by atoms with Crippen LogP contribution in [0.2, 0.25) is 0 Å². The predicted molar refractivity (Wildman–Crippen MR) is 128 cm³/mol. The largest absolute Gasteiger partial charge is 0.481 e. The van der Waals surface area contributed by atoms with Gasteiger partial charge in [0.2, 0.25) is 5.91 Å². The smallest absolute Gasteiger partial charge is 0.409 e. The van der Waals surface area contributed by atoms with E-state index in [1.807, 2.05) is 43.3 Å². The Kier molecular flexibility index (Phi) is 8.77. The number of carboxylic acid groups (broad SMARTS) is 1. The molecule has 1 unspecified atom stereocenters. The summed E-state index contributed by atoms with van der Waals surface area (Å²) in [7, 11) is 0. The van der Waals surface area contributed by atoms with Crippen molar-refractivity contribution in [2.24, 2.45) is 0 Å². The third-order valence-electron chi connectivity index (χ3n) is 5.64. The first-order valence-corrected chi connectivity index (χ1v) is 11.6. The lowest BCUT2D eigenvalue weighted by atomic mass is 10.1. The van der Waals surface area contributed by atoms with E-state index in [1.54, 1.807) is 13.0 Å². The number of aliphatic carboxylic acids is 1. The van der Waals surface area contributed by atoms with E-state index in [1.165, 1.54) is 9.80 Å². The highest BCUT2D eigenvalue weighted by molar-refractivity contribution is 5.97. The van der Waals surface area contributed by atoms with Crippen LogP contribution < -0.4 is 5.32 Å². The number of nitrogens with zero attached hydrogens (tertiary/aromatic N) is 3. The van der Waals surface area contributed by atoms with Gasteiger partial charge in [-0.25, -0.2) is 9.78 Å². The SMILES string of the molecule is CCOC(=O)N1CCN(C(=O)C(CCC(=O)O)NC(=O)c2cc(C)cc(-c3ccccc3)n2)CC1. The molecular weight excluding hydrogens is 452 g/mol. The summed E-state index contributed by atoms with van der Waals surface area (Å²) in [4.78, 5) is 56.9. The number of carboxylic acids is 1. The highest BCUT2D eigenvalue weighted by Gasteiger charge is 2.31. The van der Waals surface area contributed by atoms with E-state index in [-0.39, 0.29) is 44.1 Å². The van der Waals surface area contributed by atoms with Crippen molar-refractivity contribution in [2.75, 3.05) is 32.8 Å². The fourth-order valence-electron chi connectivity index (χ4n) is 3.84. The number of ether oxygens (including phenoxy) is 1. The van der Waals surface area contributed by atoms with Crippen LogP contribution in [0.4, 0.5) is 4.79 Å². The number of carbonyl (C=O) groups is 4. The number of aryl methyl sites for hydroxylation is 1. The third-order valence-corrected chi connectivity index (χ3v) is 5.64. The van der Waals surface area contributed by atoms with Gasteiger partial charge < -0.3 is 25.0 Å². The second kappa shape index (κ2) is 12.0. The first-order chi connectivity index (χ1) is 16.8. The minimum absolute atomic E-state index is 0.0602. The molecule has 10 nitrogen and oxygen atoms in total. The number of hydrogen-bond acceptors (Lipinski definition) is 6. The van der Waals surface area contributed by atoms with Crippen LogP contribution in [0.3, 0.4) is 0 Å². The summed E-state index contributed by atoms with van der Waals surface area (Å²) in [5.41, 5.74) is 2.44. The normalized spacial score (nSPS) is 14.2. The van der Waals surface area contributed by atoms with Crippen molar-refractivity contribution in [1.29, 1.82) is 0 Å². The number of amides is 3. The minimum Gasteiger partial charge on any atom is -0.481 e. The molecule has 1 aliphatic heterocycles. The quantitative estimate of drug-likeness (QED) is 0.591. The Morgan fingerprint density at radius 2 is 1.71 bits per heavy atom. The number of carbonyl (C=O) groups excluding carboxylic acids is 3. The summed E-state index contributed by atoms with van der Waals surface area (Å²) >= 11 is 0. The van der Waals surface area contributed by atoms with Gasteiger partial charge in [0, 0.05) is 38.2 Å². The van der Waals surface area contributed by atoms with Crippen LogP contribution in [-0.4, -0.2) is 82.6 Å². The molecule has 1 saturated heterocycles. The summed E-state index contributed by atoms with van der Waals surface area (Å²) in [5.74, 6) is -2.01. The van der Waals surface area contributed by atoms with Crippen molar-refractivity contribution >= 4 is 23.9 Å². The summed E-state index contributed by atoms with van der Waals surface area (Å²) in [6.07, 6.45) is -0.777. The first-order valence-electron chi connectivity index (χ1n) is 11.6. The monoisotopic (exact) mass is 482 g/mol. The Labute approximate surface area is 203 Å². The summed E-state index contributed by atoms with van der Waals surface area (Å²) < 4.78 is 5.00. The summed E-state index contributed by atoms with van der Waals surface area (Å²) in [6, 6.07) is 11.9. The molecule has 0 bridgehead atoms. The van der Waals surface area contributed by atoms with E-state index in [9.17, 15) is 19.2 Å². The number of piperazine rings is 1. The van der Waals surface area contributed by atoms with E-state index < -0.39 is 24.0 Å². The fraction of sp³-hybridized carbons (Fsp3) is 0.400. The van der Waals surface area contributed by atoms with E-state index >= 15 is 0 Å². The van der Waals surface area contributed by atoms with Gasteiger partial charge in [-0.15, -0.1) is 0 Å². The van der Waals surface area contributed by atoms with Crippen LogP contribution in [0.15, 0.2) is 42.5 Å². The molecule has 3 rings (SSSR count). The minimum atomic E-state index is -1.07. The van der Waals surface area contributed by atoms with E-state index in [0.717, 1.165) is 11.1 Å². The lowest BCUT2D eigenvalue weighted by molar-refractivity contribution is -0.138. The van der Waals surface area contributed by atoms with Crippen molar-refractivity contribution in [3.63, 3.8) is 0 Å². The molecule has 2 aromatic rings. The standard InChI is InChI=1S/C25H30N4O6/c1-3-35-25(34)29-13-11-28(12-14-29)24(33)19(9-10-22(30)31)27-23(32)21-16-17(2)15-20(26-21)18-7-5-4-6-8-18/h4-8,15-16,19H,3,9-14H2,1-2H3,(H,27,32)(H,30,31). The number of pyridine rings is 1.